The van der Waals surface area contributed by atoms with Gasteiger partial charge in [0, 0.05) is 39.3 Å². The number of fused-ring (bicyclic) bond motifs is 5. The number of aliphatic imine (C=N–C) groups is 1. The number of hydrogen-bond acceptors (Lipinski definition) is 4. The molecule has 0 saturated carbocycles. The van der Waals surface area contributed by atoms with Crippen LogP contribution in [0.15, 0.2) is 185 Å². The van der Waals surface area contributed by atoms with E-state index in [4.69, 9.17) is 9.41 Å². The lowest BCUT2D eigenvalue weighted by atomic mass is 9.80. The number of benzene rings is 6. The third kappa shape index (κ3) is 5.24. The monoisotopic (exact) mass is 657 g/mol. The van der Waals surface area contributed by atoms with Crippen LogP contribution in [-0.4, -0.2) is 5.84 Å². The van der Waals surface area contributed by atoms with E-state index in [2.05, 4.69) is 174 Å². The summed E-state index contributed by atoms with van der Waals surface area (Å²) in [6.07, 6.45) is 15.4. The molecular weight excluding hydrogens is 623 g/mol. The second kappa shape index (κ2) is 12.3. The molecule has 4 atom stereocenters. The fourth-order valence-electron chi connectivity index (χ4n) is 7.94. The van der Waals surface area contributed by atoms with Crippen LogP contribution in [-0.2, 0) is 0 Å². The average molecular weight is 658 g/mol. The van der Waals surface area contributed by atoms with Crippen molar-refractivity contribution >= 4 is 44.1 Å². The van der Waals surface area contributed by atoms with Gasteiger partial charge in [-0.1, -0.05) is 164 Å². The van der Waals surface area contributed by atoms with Crippen molar-refractivity contribution in [3.8, 4) is 11.1 Å². The van der Waals surface area contributed by atoms with Gasteiger partial charge in [-0.25, -0.2) is 4.99 Å². The van der Waals surface area contributed by atoms with Crippen LogP contribution in [0.25, 0.3) is 49.4 Å². The number of hydrogen-bond donors (Lipinski definition) is 2. The van der Waals surface area contributed by atoms with Gasteiger partial charge in [-0.2, -0.15) is 0 Å². The van der Waals surface area contributed by atoms with E-state index in [1.54, 1.807) is 0 Å². The minimum atomic E-state index is -0.245. The smallest absolute Gasteiger partial charge is 0.143 e. The highest BCUT2D eigenvalue weighted by molar-refractivity contribution is 6.12. The van der Waals surface area contributed by atoms with Crippen LogP contribution >= 0.6 is 0 Å². The molecule has 0 radical (unpaired) electrons. The summed E-state index contributed by atoms with van der Waals surface area (Å²) < 4.78 is 6.83. The lowest BCUT2D eigenvalue weighted by Gasteiger charge is -2.32. The Kier molecular flexibility index (Phi) is 7.14. The van der Waals surface area contributed by atoms with Gasteiger partial charge >= 0.3 is 0 Å². The van der Waals surface area contributed by atoms with Gasteiger partial charge in [0.1, 0.15) is 29.3 Å². The second-order valence-corrected chi connectivity index (χ2v) is 13.6. The molecule has 3 aliphatic rings. The topological polar surface area (TPSA) is 49.6 Å². The Morgan fingerprint density at radius 1 is 0.608 bits per heavy atom. The van der Waals surface area contributed by atoms with Crippen molar-refractivity contribution in [2.24, 2.45) is 16.8 Å². The van der Waals surface area contributed by atoms with Crippen molar-refractivity contribution in [3.63, 3.8) is 0 Å². The highest BCUT2D eigenvalue weighted by Crippen LogP contribution is 2.43. The van der Waals surface area contributed by atoms with Gasteiger partial charge < -0.3 is 9.73 Å². The number of allylic oxidation sites excluding steroid dienone is 8. The molecule has 0 saturated heterocycles. The maximum atomic E-state index is 6.83. The first-order valence-corrected chi connectivity index (χ1v) is 17.7. The van der Waals surface area contributed by atoms with Crippen LogP contribution in [0.2, 0.25) is 0 Å². The fourth-order valence-corrected chi connectivity index (χ4v) is 7.94. The Balaban J connectivity index is 1.12. The number of furan rings is 1. The van der Waals surface area contributed by atoms with E-state index < -0.39 is 0 Å². The first kappa shape index (κ1) is 29.7. The van der Waals surface area contributed by atoms with Crippen molar-refractivity contribution in [1.29, 1.82) is 0 Å². The summed E-state index contributed by atoms with van der Waals surface area (Å²) in [5.41, 5.74) is 9.71. The molecule has 4 nitrogen and oxygen atoms in total. The molecule has 0 fully saturated rings. The van der Waals surface area contributed by atoms with Crippen LogP contribution in [0.1, 0.15) is 34.6 Å². The van der Waals surface area contributed by atoms with Gasteiger partial charge in [-0.05, 0) is 45.2 Å². The summed E-state index contributed by atoms with van der Waals surface area (Å²) in [6.45, 7) is 0. The lowest BCUT2D eigenvalue weighted by molar-refractivity contribution is 0.411. The quantitative estimate of drug-likeness (QED) is 0.194. The molecule has 1 aliphatic heterocycles. The number of rotatable bonds is 5. The first-order valence-electron chi connectivity index (χ1n) is 17.7. The van der Waals surface area contributed by atoms with E-state index in [-0.39, 0.29) is 12.3 Å². The molecule has 2 aliphatic carbocycles. The van der Waals surface area contributed by atoms with Gasteiger partial charge in [0.25, 0.3) is 0 Å². The van der Waals surface area contributed by atoms with Crippen LogP contribution in [0.4, 0.5) is 0 Å². The molecule has 0 spiro atoms. The highest BCUT2D eigenvalue weighted by atomic mass is 16.3. The van der Waals surface area contributed by atoms with Crippen LogP contribution in [0.3, 0.4) is 0 Å². The zero-order chi connectivity index (χ0) is 33.7. The Bertz CT molecular complexity index is 2620. The van der Waals surface area contributed by atoms with Crippen LogP contribution in [0.5, 0.6) is 0 Å². The molecule has 51 heavy (non-hydrogen) atoms. The predicted octanol–water partition coefficient (Wildman–Crippen LogP) is 11.1. The summed E-state index contributed by atoms with van der Waals surface area (Å²) in [5.74, 6) is 1.62. The largest absolute Gasteiger partial charge is 0.455 e. The molecule has 4 unspecified atom stereocenters. The van der Waals surface area contributed by atoms with Gasteiger partial charge in [0.2, 0.25) is 0 Å². The molecule has 10 rings (SSSR count). The number of para-hydroxylation sites is 1. The summed E-state index contributed by atoms with van der Waals surface area (Å²) in [4.78, 5) is 5.24. The van der Waals surface area contributed by atoms with Gasteiger partial charge in [-0.15, -0.1) is 0 Å². The molecule has 2 N–H and O–H groups in total. The zero-order valence-electron chi connectivity index (χ0n) is 27.9. The van der Waals surface area contributed by atoms with E-state index in [0.717, 1.165) is 55.6 Å². The molecule has 244 valence electrons. The van der Waals surface area contributed by atoms with Gasteiger partial charge in [0.15, 0.2) is 0 Å². The third-order valence-electron chi connectivity index (χ3n) is 10.5. The zero-order valence-corrected chi connectivity index (χ0v) is 27.9. The van der Waals surface area contributed by atoms with Gasteiger partial charge in [-0.3, -0.25) is 5.32 Å². The predicted molar refractivity (Wildman–Crippen MR) is 210 cm³/mol. The maximum Gasteiger partial charge on any atom is 0.143 e. The molecule has 0 bridgehead atoms. The number of nitrogens with one attached hydrogen (secondary N) is 2. The number of nitrogens with zero attached hydrogens (tertiary/aromatic N) is 1. The van der Waals surface area contributed by atoms with E-state index in [0.29, 0.717) is 11.8 Å². The Labute approximate surface area is 296 Å². The van der Waals surface area contributed by atoms with Crippen molar-refractivity contribution in [1.82, 2.24) is 10.6 Å². The van der Waals surface area contributed by atoms with Crippen LogP contribution < -0.4 is 10.6 Å². The highest BCUT2D eigenvalue weighted by Gasteiger charge is 2.29. The average Bonchev–Trinajstić information content (AvgIpc) is 3.60. The van der Waals surface area contributed by atoms with Crippen molar-refractivity contribution in [2.45, 2.75) is 12.3 Å². The van der Waals surface area contributed by atoms with Crippen LogP contribution in [0, 0.1) is 11.8 Å². The molecule has 0 amide bonds. The molecule has 1 aromatic heterocycles. The number of amidine groups is 1. The fraction of sp³-hybridized carbons (Fsp3) is 0.0851. The van der Waals surface area contributed by atoms with Crippen molar-refractivity contribution < 1.29 is 4.42 Å². The summed E-state index contributed by atoms with van der Waals surface area (Å²) >= 11 is 0. The van der Waals surface area contributed by atoms with Crippen molar-refractivity contribution in [2.75, 3.05) is 0 Å². The molecule has 7 aromatic rings. The van der Waals surface area contributed by atoms with Crippen molar-refractivity contribution in [3.05, 3.63) is 198 Å². The normalized spacial score (nSPS) is 21.0. The molecule has 4 heteroatoms. The first-order chi connectivity index (χ1) is 25.3. The second-order valence-electron chi connectivity index (χ2n) is 13.6. The minimum Gasteiger partial charge on any atom is -0.455 e. The van der Waals surface area contributed by atoms with Gasteiger partial charge in [0.05, 0.1) is 0 Å². The van der Waals surface area contributed by atoms with E-state index in [1.165, 1.54) is 21.9 Å². The SMILES string of the molecule is C1=CC2C=CC(c3ccccc3-c3ccc(C4NC(c5ccc6ccccc6c5)=NC(c5ccccc5)N4)c4c3oc3ccccc34)=CC2C=C1. The van der Waals surface area contributed by atoms with E-state index >= 15 is 0 Å². The Morgan fingerprint density at radius 2 is 1.37 bits per heavy atom. The lowest BCUT2D eigenvalue weighted by Crippen LogP contribution is -2.45. The summed E-state index contributed by atoms with van der Waals surface area (Å²) in [5, 5.41) is 12.2. The molecule has 6 aromatic carbocycles. The van der Waals surface area contributed by atoms with E-state index in [1.807, 2.05) is 12.1 Å². The summed E-state index contributed by atoms with van der Waals surface area (Å²) in [7, 11) is 0. The third-order valence-corrected chi connectivity index (χ3v) is 10.5. The Hall–Kier alpha value is -6.23. The minimum absolute atomic E-state index is 0.242. The summed E-state index contributed by atoms with van der Waals surface area (Å²) in [6, 6.07) is 47.1. The van der Waals surface area contributed by atoms with E-state index in [9.17, 15) is 0 Å². The molecule has 2 heterocycles. The standard InChI is InChI=1S/C47H35N3O/c1-2-14-32(15-3-1)45-48-46(36-25-23-31-13-5-7-17-34(31)29-36)50-47(49-45)41-27-26-39(44-43(41)40-20-10-11-21-42(40)51-44)38-19-9-8-18-37(38)35-24-22-30-12-4-6-16-33(30)28-35/h1-30,33,45,47,49H,(H,48,50). The maximum absolute atomic E-state index is 6.83. The molecular formula is C47H35N3O. The Morgan fingerprint density at radius 3 is 2.27 bits per heavy atom.